The molecule has 13 heteroatoms. The number of para-hydroxylation sites is 1. The molecular formula is C22H19ClN4O8. The van der Waals surface area contributed by atoms with E-state index in [1.807, 2.05) is 0 Å². The molecule has 0 bridgehead atoms. The monoisotopic (exact) mass is 502 g/mol. The van der Waals surface area contributed by atoms with E-state index < -0.39 is 40.8 Å². The molecule has 0 aliphatic heterocycles. The first-order chi connectivity index (χ1) is 16.4. The second-order valence-corrected chi connectivity index (χ2v) is 7.54. The van der Waals surface area contributed by atoms with Gasteiger partial charge < -0.3 is 20.3 Å². The van der Waals surface area contributed by atoms with Crippen LogP contribution < -0.4 is 31.4 Å². The number of nitrogens with two attached hydrogens (primary N) is 1. The Labute approximate surface area is 202 Å². The Kier molecular flexibility index (Phi) is 6.96. The van der Waals surface area contributed by atoms with Gasteiger partial charge in [0.05, 0.1) is 16.4 Å². The number of benzene rings is 2. The van der Waals surface area contributed by atoms with Crippen LogP contribution in [-0.4, -0.2) is 32.3 Å². The number of carbonyl (C=O) groups excluding carboxylic acids is 2. The number of carbonyl (C=O) groups is 3. The molecule has 3 aromatic rings. The second kappa shape index (κ2) is 9.73. The van der Waals surface area contributed by atoms with E-state index >= 15 is 0 Å². The summed E-state index contributed by atoms with van der Waals surface area (Å²) in [6.07, 6.45) is -1.67. The van der Waals surface area contributed by atoms with Crippen molar-refractivity contribution in [2.75, 3.05) is 10.6 Å². The third-order valence-corrected chi connectivity index (χ3v) is 4.94. The van der Waals surface area contributed by atoms with Crippen molar-refractivity contribution in [3.8, 4) is 17.2 Å². The zero-order valence-electron chi connectivity index (χ0n) is 18.6. The molecular weight excluding hydrogens is 484 g/mol. The molecule has 3 N–H and O–H groups in total. The Balaban J connectivity index is 2.37. The Morgan fingerprint density at radius 2 is 1.54 bits per heavy atom. The van der Waals surface area contributed by atoms with Gasteiger partial charge in [-0.05, 0) is 12.1 Å². The van der Waals surface area contributed by atoms with Crippen molar-refractivity contribution in [3.05, 3.63) is 68.3 Å². The van der Waals surface area contributed by atoms with E-state index in [-0.39, 0.29) is 27.9 Å². The molecule has 2 aromatic carbocycles. The van der Waals surface area contributed by atoms with Crippen molar-refractivity contribution in [2.24, 2.45) is 7.05 Å². The fourth-order valence-corrected chi connectivity index (χ4v) is 3.48. The van der Waals surface area contributed by atoms with Gasteiger partial charge >= 0.3 is 23.7 Å². The molecule has 0 unspecified atom stereocenters. The summed E-state index contributed by atoms with van der Waals surface area (Å²) < 4.78 is 11.6. The number of halogens is 1. The molecule has 0 saturated carbocycles. The van der Waals surface area contributed by atoms with Gasteiger partial charge in [-0.2, -0.15) is 0 Å². The minimum absolute atomic E-state index is 0.105. The number of amides is 1. The van der Waals surface area contributed by atoms with Gasteiger partial charge in [0.2, 0.25) is 0 Å². The summed E-state index contributed by atoms with van der Waals surface area (Å²) in [7, 11) is 1.14. The highest BCUT2D eigenvalue weighted by Crippen LogP contribution is 2.35. The molecule has 1 heterocycles. The lowest BCUT2D eigenvalue weighted by Crippen LogP contribution is -2.43. The van der Waals surface area contributed by atoms with E-state index in [9.17, 15) is 29.1 Å². The maximum atomic E-state index is 13.1. The van der Waals surface area contributed by atoms with Crippen LogP contribution in [-0.2, 0) is 16.6 Å². The maximum Gasteiger partial charge on any atom is 0.416 e. The molecule has 1 aromatic heterocycles. The van der Waals surface area contributed by atoms with E-state index in [4.69, 9.17) is 26.8 Å². The largest absolute Gasteiger partial charge is 0.464 e. The van der Waals surface area contributed by atoms with Crippen molar-refractivity contribution in [1.29, 1.82) is 0 Å². The summed E-state index contributed by atoms with van der Waals surface area (Å²) in [5.41, 5.74) is 3.50. The summed E-state index contributed by atoms with van der Waals surface area (Å²) in [5, 5.41) is 10.2. The average Bonchev–Trinajstić information content (AvgIpc) is 2.75. The minimum Gasteiger partial charge on any atom is -0.464 e. The van der Waals surface area contributed by atoms with Crippen LogP contribution in [0.2, 0.25) is 5.02 Å². The smallest absolute Gasteiger partial charge is 0.416 e. The summed E-state index contributed by atoms with van der Waals surface area (Å²) in [6, 6.07) is 9.53. The third kappa shape index (κ3) is 5.01. The van der Waals surface area contributed by atoms with Gasteiger partial charge in [-0.1, -0.05) is 23.7 Å². The van der Waals surface area contributed by atoms with Crippen LogP contribution in [0, 0.1) is 0 Å². The molecule has 0 atom stereocenters. The van der Waals surface area contributed by atoms with Gasteiger partial charge in [0.25, 0.3) is 5.56 Å². The van der Waals surface area contributed by atoms with E-state index in [0.717, 1.165) is 37.6 Å². The zero-order chi connectivity index (χ0) is 26.0. The highest BCUT2D eigenvalue weighted by atomic mass is 35.5. The molecule has 0 radical (unpaired) electrons. The summed E-state index contributed by atoms with van der Waals surface area (Å²) in [4.78, 5) is 61.8. The van der Waals surface area contributed by atoms with Crippen molar-refractivity contribution < 1.29 is 29.0 Å². The van der Waals surface area contributed by atoms with E-state index in [1.54, 1.807) is 12.1 Å². The topological polar surface area (TPSA) is 163 Å². The SMILES string of the molecule is CC(=O)Oc1cc(OC(C)=O)cc(N(C(=O)O)c2c(N)n(-c3ccccc3Cl)c(=O)n(C)c2=O)c1. The van der Waals surface area contributed by atoms with Crippen LogP contribution in [0.4, 0.5) is 22.0 Å². The number of hydrogen-bond donors (Lipinski definition) is 2. The van der Waals surface area contributed by atoms with Crippen molar-refractivity contribution >= 4 is 46.8 Å². The van der Waals surface area contributed by atoms with Gasteiger partial charge in [0.15, 0.2) is 5.69 Å². The molecule has 12 nitrogen and oxygen atoms in total. The first kappa shape index (κ1) is 25.1. The molecule has 0 spiro atoms. The third-order valence-electron chi connectivity index (χ3n) is 4.62. The maximum absolute atomic E-state index is 13.1. The Hall–Kier alpha value is -4.58. The first-order valence-electron chi connectivity index (χ1n) is 9.83. The van der Waals surface area contributed by atoms with Crippen LogP contribution in [0.3, 0.4) is 0 Å². The van der Waals surface area contributed by atoms with E-state index in [2.05, 4.69) is 0 Å². The van der Waals surface area contributed by atoms with Gasteiger partial charge in [-0.15, -0.1) is 0 Å². The molecule has 182 valence electrons. The standard InChI is InChI=1S/C22H19ClN4O8/c1-11(28)34-14-8-13(9-15(10-14)35-12(2)29)26(22(32)33)18-19(24)27(21(31)25(3)20(18)30)17-7-5-4-6-16(17)23/h4-10H,24H2,1-3H3,(H,32,33). The number of esters is 2. The first-order valence-corrected chi connectivity index (χ1v) is 10.2. The minimum atomic E-state index is -1.67. The van der Waals surface area contributed by atoms with Gasteiger partial charge in [-0.25, -0.2) is 19.1 Å². The quantitative estimate of drug-likeness (QED) is 0.394. The number of aromatic nitrogens is 2. The summed E-state index contributed by atoms with van der Waals surface area (Å²) in [6.45, 7) is 2.22. The fraction of sp³-hybridized carbons (Fsp3) is 0.136. The Bertz CT molecular complexity index is 1440. The number of hydrogen-bond acceptors (Lipinski definition) is 8. The van der Waals surface area contributed by atoms with Crippen LogP contribution in [0.5, 0.6) is 11.5 Å². The van der Waals surface area contributed by atoms with Crippen molar-refractivity contribution in [3.63, 3.8) is 0 Å². The fourth-order valence-electron chi connectivity index (χ4n) is 3.26. The molecule has 3 rings (SSSR count). The van der Waals surface area contributed by atoms with Crippen molar-refractivity contribution in [2.45, 2.75) is 13.8 Å². The zero-order valence-corrected chi connectivity index (χ0v) is 19.4. The lowest BCUT2D eigenvalue weighted by atomic mass is 10.2. The lowest BCUT2D eigenvalue weighted by Gasteiger charge is -2.24. The molecule has 0 saturated heterocycles. The molecule has 35 heavy (non-hydrogen) atoms. The Morgan fingerprint density at radius 3 is 2.03 bits per heavy atom. The highest BCUT2D eigenvalue weighted by Gasteiger charge is 2.29. The van der Waals surface area contributed by atoms with E-state index in [1.165, 1.54) is 18.2 Å². The van der Waals surface area contributed by atoms with Gasteiger partial charge in [-0.3, -0.25) is 19.0 Å². The van der Waals surface area contributed by atoms with Crippen molar-refractivity contribution in [1.82, 2.24) is 9.13 Å². The van der Waals surface area contributed by atoms with Crippen LogP contribution >= 0.6 is 11.6 Å². The van der Waals surface area contributed by atoms with Gasteiger partial charge in [0, 0.05) is 39.1 Å². The number of nitrogens with zero attached hydrogens (tertiary/aromatic N) is 3. The number of carboxylic acid groups (broad SMARTS) is 1. The van der Waals surface area contributed by atoms with Crippen LogP contribution in [0.25, 0.3) is 5.69 Å². The van der Waals surface area contributed by atoms with E-state index in [0.29, 0.717) is 9.47 Å². The Morgan fingerprint density at radius 1 is 1.00 bits per heavy atom. The molecule has 0 aliphatic carbocycles. The highest BCUT2D eigenvalue weighted by molar-refractivity contribution is 6.32. The average molecular weight is 503 g/mol. The predicted molar refractivity (Wildman–Crippen MR) is 126 cm³/mol. The molecule has 0 aliphatic rings. The number of rotatable bonds is 5. The number of ether oxygens (including phenoxy) is 2. The number of anilines is 3. The normalized spacial score (nSPS) is 10.5. The molecule has 1 amide bonds. The van der Waals surface area contributed by atoms with Crippen LogP contribution in [0.1, 0.15) is 13.8 Å². The lowest BCUT2D eigenvalue weighted by molar-refractivity contribution is -0.132. The number of nitrogen functional groups attached to an aromatic ring is 1. The molecule has 0 fully saturated rings. The second-order valence-electron chi connectivity index (χ2n) is 7.14. The summed E-state index contributed by atoms with van der Waals surface area (Å²) in [5.74, 6) is -2.35. The summed E-state index contributed by atoms with van der Waals surface area (Å²) >= 11 is 6.22. The van der Waals surface area contributed by atoms with Crippen LogP contribution in [0.15, 0.2) is 52.1 Å². The predicted octanol–water partition coefficient (Wildman–Crippen LogP) is 2.44. The van der Waals surface area contributed by atoms with Gasteiger partial charge in [0.1, 0.15) is 17.3 Å².